The van der Waals surface area contributed by atoms with Crippen LogP contribution in [0.3, 0.4) is 0 Å². The highest BCUT2D eigenvalue weighted by Crippen LogP contribution is 2.55. The standard InChI is InChI=1S/C21H28N4O2/c1-22-20-7-8-23-21(25-20)24-17-5-6-18(26-2)19(13-17)27-9-3-4-14-10-15-12-16(15)11-14/h5-8,13-16H,3-4,9-12H2,1-2H3,(H2,22,23,24,25). The summed E-state index contributed by atoms with van der Waals surface area (Å²) in [5.74, 6) is 5.84. The Morgan fingerprint density at radius 1 is 1.11 bits per heavy atom. The normalized spacial score (nSPS) is 22.8. The van der Waals surface area contributed by atoms with Crippen LogP contribution < -0.4 is 20.1 Å². The fraction of sp³-hybridized carbons (Fsp3) is 0.524. The number of anilines is 3. The van der Waals surface area contributed by atoms with Crippen LogP contribution in [0.5, 0.6) is 11.5 Å². The molecule has 2 atom stereocenters. The van der Waals surface area contributed by atoms with Crippen molar-refractivity contribution in [3.05, 3.63) is 30.5 Å². The quantitative estimate of drug-likeness (QED) is 0.636. The predicted octanol–water partition coefficient (Wildman–Crippen LogP) is 4.48. The Morgan fingerprint density at radius 2 is 1.96 bits per heavy atom. The van der Waals surface area contributed by atoms with Gasteiger partial charge in [-0.25, -0.2) is 4.98 Å². The van der Waals surface area contributed by atoms with Crippen molar-refractivity contribution in [1.29, 1.82) is 0 Å². The van der Waals surface area contributed by atoms with Gasteiger partial charge in [-0.05, 0) is 68.1 Å². The molecule has 0 amide bonds. The van der Waals surface area contributed by atoms with Gasteiger partial charge in [0.15, 0.2) is 11.5 Å². The van der Waals surface area contributed by atoms with Crippen molar-refractivity contribution < 1.29 is 9.47 Å². The highest BCUT2D eigenvalue weighted by atomic mass is 16.5. The average molecular weight is 368 g/mol. The Balaban J connectivity index is 1.33. The molecule has 27 heavy (non-hydrogen) atoms. The van der Waals surface area contributed by atoms with Crippen molar-refractivity contribution in [2.75, 3.05) is 31.4 Å². The van der Waals surface area contributed by atoms with Gasteiger partial charge in [-0.15, -0.1) is 0 Å². The zero-order valence-corrected chi connectivity index (χ0v) is 16.1. The van der Waals surface area contributed by atoms with E-state index >= 15 is 0 Å². The summed E-state index contributed by atoms with van der Waals surface area (Å²) >= 11 is 0. The predicted molar refractivity (Wildman–Crippen MR) is 107 cm³/mol. The third-order valence-corrected chi connectivity index (χ3v) is 5.69. The van der Waals surface area contributed by atoms with Gasteiger partial charge in [0.05, 0.1) is 13.7 Å². The molecule has 1 aromatic carbocycles. The summed E-state index contributed by atoms with van der Waals surface area (Å²) in [7, 11) is 3.50. The van der Waals surface area contributed by atoms with Crippen molar-refractivity contribution in [2.45, 2.75) is 32.1 Å². The third kappa shape index (κ3) is 4.43. The fourth-order valence-corrected chi connectivity index (χ4v) is 4.18. The van der Waals surface area contributed by atoms with E-state index in [9.17, 15) is 0 Å². The Hall–Kier alpha value is -2.50. The molecule has 4 rings (SSSR count). The summed E-state index contributed by atoms with van der Waals surface area (Å²) in [5.41, 5.74) is 0.870. The van der Waals surface area contributed by atoms with Gasteiger partial charge < -0.3 is 20.1 Å². The van der Waals surface area contributed by atoms with Crippen LogP contribution in [0, 0.1) is 17.8 Å². The van der Waals surface area contributed by atoms with Crippen molar-refractivity contribution in [2.24, 2.45) is 17.8 Å². The van der Waals surface area contributed by atoms with E-state index in [-0.39, 0.29) is 0 Å². The van der Waals surface area contributed by atoms with Gasteiger partial charge >= 0.3 is 0 Å². The largest absolute Gasteiger partial charge is 0.493 e. The van der Waals surface area contributed by atoms with Gasteiger partial charge in [-0.2, -0.15) is 4.98 Å². The topological polar surface area (TPSA) is 68.3 Å². The van der Waals surface area contributed by atoms with E-state index in [1.165, 1.54) is 25.7 Å². The van der Waals surface area contributed by atoms with E-state index in [0.29, 0.717) is 5.95 Å². The molecule has 0 saturated heterocycles. The van der Waals surface area contributed by atoms with E-state index in [0.717, 1.165) is 53.8 Å². The molecule has 6 nitrogen and oxygen atoms in total. The van der Waals surface area contributed by atoms with Gasteiger partial charge in [0.1, 0.15) is 5.82 Å². The summed E-state index contributed by atoms with van der Waals surface area (Å²) in [6, 6.07) is 7.61. The number of fused-ring (bicyclic) bond motifs is 1. The number of aromatic nitrogens is 2. The first kappa shape index (κ1) is 17.9. The summed E-state index contributed by atoms with van der Waals surface area (Å²) in [5, 5.41) is 6.23. The lowest BCUT2D eigenvalue weighted by molar-refractivity contribution is 0.273. The number of nitrogens with zero attached hydrogens (tertiary/aromatic N) is 2. The lowest BCUT2D eigenvalue weighted by Gasteiger charge is -2.15. The summed E-state index contributed by atoms with van der Waals surface area (Å²) in [4.78, 5) is 8.63. The smallest absolute Gasteiger partial charge is 0.229 e. The molecule has 1 aromatic heterocycles. The molecule has 144 valence electrons. The van der Waals surface area contributed by atoms with Crippen molar-refractivity contribution >= 4 is 17.5 Å². The van der Waals surface area contributed by atoms with Crippen LogP contribution in [-0.2, 0) is 0 Å². The van der Waals surface area contributed by atoms with Crippen LogP contribution in [0.15, 0.2) is 30.5 Å². The maximum atomic E-state index is 6.03. The minimum absolute atomic E-state index is 0.540. The van der Waals surface area contributed by atoms with E-state index in [1.807, 2.05) is 31.3 Å². The van der Waals surface area contributed by atoms with E-state index in [2.05, 4.69) is 20.6 Å². The monoisotopic (exact) mass is 368 g/mol. The number of hydrogen-bond donors (Lipinski definition) is 2. The molecule has 2 unspecified atom stereocenters. The van der Waals surface area contributed by atoms with Crippen molar-refractivity contribution in [3.8, 4) is 11.5 Å². The summed E-state index contributed by atoms with van der Waals surface area (Å²) < 4.78 is 11.5. The second-order valence-corrected chi connectivity index (χ2v) is 7.59. The third-order valence-electron chi connectivity index (χ3n) is 5.69. The van der Waals surface area contributed by atoms with E-state index in [4.69, 9.17) is 9.47 Å². The highest BCUT2D eigenvalue weighted by Gasteiger charge is 2.45. The molecule has 2 fully saturated rings. The van der Waals surface area contributed by atoms with Gasteiger partial charge in [-0.3, -0.25) is 0 Å². The lowest BCUT2D eigenvalue weighted by Crippen LogP contribution is -2.04. The van der Waals surface area contributed by atoms with E-state index in [1.54, 1.807) is 13.3 Å². The molecule has 2 aliphatic rings. The average Bonchev–Trinajstić information content (AvgIpc) is 3.31. The molecule has 2 N–H and O–H groups in total. The minimum atomic E-state index is 0.540. The maximum Gasteiger partial charge on any atom is 0.229 e. The molecule has 2 saturated carbocycles. The SMILES string of the molecule is CNc1ccnc(Nc2ccc(OC)c(OCCCC3CC4CC4C3)c2)n1. The van der Waals surface area contributed by atoms with Gasteiger partial charge in [0, 0.05) is 25.0 Å². The Labute approximate surface area is 160 Å². The number of methoxy groups -OCH3 is 1. The molecule has 6 heteroatoms. The van der Waals surface area contributed by atoms with Gasteiger partial charge in [0.2, 0.25) is 5.95 Å². The number of hydrogen-bond acceptors (Lipinski definition) is 6. The highest BCUT2D eigenvalue weighted by molar-refractivity contribution is 5.60. The molecule has 1 heterocycles. The number of benzene rings is 1. The number of rotatable bonds is 9. The molecule has 0 aliphatic heterocycles. The first-order chi connectivity index (χ1) is 13.2. The van der Waals surface area contributed by atoms with Crippen LogP contribution in [0.25, 0.3) is 0 Å². The van der Waals surface area contributed by atoms with Crippen molar-refractivity contribution in [3.63, 3.8) is 0 Å². The Morgan fingerprint density at radius 3 is 2.74 bits per heavy atom. The van der Waals surface area contributed by atoms with E-state index < -0.39 is 0 Å². The molecule has 0 bridgehead atoms. The molecule has 2 aliphatic carbocycles. The fourth-order valence-electron chi connectivity index (χ4n) is 4.18. The van der Waals surface area contributed by atoms with Crippen LogP contribution in [0.4, 0.5) is 17.5 Å². The van der Waals surface area contributed by atoms with Crippen LogP contribution in [0.1, 0.15) is 32.1 Å². The minimum Gasteiger partial charge on any atom is -0.493 e. The molecule has 0 radical (unpaired) electrons. The maximum absolute atomic E-state index is 6.03. The van der Waals surface area contributed by atoms with Crippen molar-refractivity contribution in [1.82, 2.24) is 9.97 Å². The molecule has 2 aromatic rings. The molecular weight excluding hydrogens is 340 g/mol. The first-order valence-corrected chi connectivity index (χ1v) is 9.84. The summed E-state index contributed by atoms with van der Waals surface area (Å²) in [6.07, 6.45) is 8.47. The Kier molecular flexibility index (Phi) is 5.32. The second-order valence-electron chi connectivity index (χ2n) is 7.59. The second kappa shape index (κ2) is 8.03. The first-order valence-electron chi connectivity index (χ1n) is 9.84. The summed E-state index contributed by atoms with van der Waals surface area (Å²) in [6.45, 7) is 0.720. The zero-order chi connectivity index (χ0) is 18.6. The van der Waals surface area contributed by atoms with Gasteiger partial charge in [0.25, 0.3) is 0 Å². The molecule has 0 spiro atoms. The van der Waals surface area contributed by atoms with Crippen LogP contribution >= 0.6 is 0 Å². The van der Waals surface area contributed by atoms with Gasteiger partial charge in [-0.1, -0.05) is 0 Å². The Bertz CT molecular complexity index is 773. The van der Waals surface area contributed by atoms with Crippen LogP contribution in [-0.4, -0.2) is 30.7 Å². The lowest BCUT2D eigenvalue weighted by atomic mass is 9.98. The number of ether oxygens (including phenoxy) is 2. The number of nitrogens with one attached hydrogen (secondary N) is 2. The molecular formula is C21H28N4O2. The zero-order valence-electron chi connectivity index (χ0n) is 16.1. The van der Waals surface area contributed by atoms with Crippen LogP contribution in [0.2, 0.25) is 0 Å².